The van der Waals surface area contributed by atoms with Crippen LogP contribution in [0.5, 0.6) is 5.75 Å². The van der Waals surface area contributed by atoms with Crippen molar-refractivity contribution in [1.29, 1.82) is 0 Å². The number of ether oxygens (including phenoxy) is 1. The van der Waals surface area contributed by atoms with Crippen molar-refractivity contribution >= 4 is 28.7 Å². The molecule has 0 saturated heterocycles. The van der Waals surface area contributed by atoms with Crippen molar-refractivity contribution < 1.29 is 9.53 Å². The van der Waals surface area contributed by atoms with E-state index in [1.807, 2.05) is 29.7 Å². The maximum absolute atomic E-state index is 10.8. The molecule has 1 aromatic carbocycles. The minimum absolute atomic E-state index is 0.439. The van der Waals surface area contributed by atoms with Gasteiger partial charge in [0.25, 0.3) is 0 Å². The number of imidazole rings is 1. The molecule has 1 aromatic heterocycles. The molecule has 2 amide bonds. The van der Waals surface area contributed by atoms with Crippen LogP contribution in [0.4, 0.5) is 4.79 Å². The predicted molar refractivity (Wildman–Crippen MR) is 82.9 cm³/mol. The Morgan fingerprint density at radius 2 is 2.33 bits per heavy atom. The number of para-hydroxylation sites is 1. The zero-order chi connectivity index (χ0) is 15.2. The molecule has 0 atom stereocenters. The largest absolute Gasteiger partial charge is 0.492 e. The molecule has 1 heterocycles. The number of rotatable bonds is 7. The zero-order valence-corrected chi connectivity index (χ0v) is 12.7. The highest BCUT2D eigenvalue weighted by molar-refractivity contribution is 6.17. The second-order valence-electron chi connectivity index (χ2n) is 4.47. The van der Waals surface area contributed by atoms with Gasteiger partial charge >= 0.3 is 6.03 Å². The highest BCUT2D eigenvalue weighted by Gasteiger charge is 2.13. The Bertz CT molecular complexity index is 627. The molecule has 0 spiro atoms. The number of primary amides is 1. The number of halogens is 1. The van der Waals surface area contributed by atoms with Crippen LogP contribution >= 0.6 is 11.6 Å². The van der Waals surface area contributed by atoms with Gasteiger partial charge in [0.2, 0.25) is 0 Å². The number of amides is 2. The standard InChI is InChI=1S/C14H19ClN4O2/c1-2-21-11-5-3-4-10-13(11)18-12(6-7-15)19(10)9-8-17-14(16)20/h3-5H,2,6-9H2,1H3,(H3,16,17,20). The summed E-state index contributed by atoms with van der Waals surface area (Å²) in [4.78, 5) is 15.4. The molecule has 0 unspecified atom stereocenters. The lowest BCUT2D eigenvalue weighted by Crippen LogP contribution is -2.32. The molecule has 0 bridgehead atoms. The van der Waals surface area contributed by atoms with Crippen molar-refractivity contribution in [1.82, 2.24) is 14.9 Å². The first kappa shape index (κ1) is 15.4. The van der Waals surface area contributed by atoms with E-state index in [1.165, 1.54) is 0 Å². The number of nitrogens with zero attached hydrogens (tertiary/aromatic N) is 2. The van der Waals surface area contributed by atoms with Gasteiger partial charge < -0.3 is 20.4 Å². The summed E-state index contributed by atoms with van der Waals surface area (Å²) < 4.78 is 7.65. The Morgan fingerprint density at radius 3 is 3.00 bits per heavy atom. The lowest BCUT2D eigenvalue weighted by molar-refractivity contribution is 0.248. The van der Waals surface area contributed by atoms with Gasteiger partial charge in [0, 0.05) is 25.4 Å². The molecule has 0 fully saturated rings. The third-order valence-corrected chi connectivity index (χ3v) is 3.26. The Labute approximate surface area is 128 Å². The summed E-state index contributed by atoms with van der Waals surface area (Å²) in [5, 5.41) is 2.58. The summed E-state index contributed by atoms with van der Waals surface area (Å²) in [5.41, 5.74) is 6.87. The van der Waals surface area contributed by atoms with Crippen LogP contribution in [0.1, 0.15) is 12.7 Å². The van der Waals surface area contributed by atoms with Crippen LogP contribution in [0, 0.1) is 0 Å². The molecule has 2 rings (SSSR count). The molecule has 7 heteroatoms. The van der Waals surface area contributed by atoms with E-state index in [1.54, 1.807) is 0 Å². The number of nitrogens with two attached hydrogens (primary N) is 1. The van der Waals surface area contributed by atoms with Crippen LogP contribution in [0.2, 0.25) is 0 Å². The van der Waals surface area contributed by atoms with Crippen molar-refractivity contribution in [2.45, 2.75) is 19.9 Å². The van der Waals surface area contributed by atoms with E-state index in [9.17, 15) is 4.79 Å². The van der Waals surface area contributed by atoms with Gasteiger partial charge in [-0.05, 0) is 19.1 Å². The van der Waals surface area contributed by atoms with Crippen molar-refractivity contribution in [2.24, 2.45) is 5.73 Å². The first-order chi connectivity index (χ1) is 10.2. The van der Waals surface area contributed by atoms with Gasteiger partial charge in [0.05, 0.1) is 12.1 Å². The number of aryl methyl sites for hydroxylation is 1. The third-order valence-electron chi connectivity index (χ3n) is 3.07. The van der Waals surface area contributed by atoms with Crippen LogP contribution < -0.4 is 15.8 Å². The molecule has 0 aliphatic heterocycles. The topological polar surface area (TPSA) is 82.2 Å². The first-order valence-electron chi connectivity index (χ1n) is 6.87. The fraction of sp³-hybridized carbons (Fsp3) is 0.429. The maximum Gasteiger partial charge on any atom is 0.312 e. The molecule has 0 aliphatic carbocycles. The highest BCUT2D eigenvalue weighted by atomic mass is 35.5. The zero-order valence-electron chi connectivity index (χ0n) is 11.9. The summed E-state index contributed by atoms with van der Waals surface area (Å²) in [6.45, 7) is 3.54. The van der Waals surface area contributed by atoms with Gasteiger partial charge in [-0.15, -0.1) is 11.6 Å². The van der Waals surface area contributed by atoms with E-state index in [-0.39, 0.29) is 0 Å². The average molecular weight is 311 g/mol. The van der Waals surface area contributed by atoms with Gasteiger partial charge in [0.1, 0.15) is 17.1 Å². The Hall–Kier alpha value is -1.95. The third kappa shape index (κ3) is 3.58. The van der Waals surface area contributed by atoms with Gasteiger partial charge in [-0.3, -0.25) is 0 Å². The molecule has 0 aliphatic rings. The molecule has 0 saturated carbocycles. The fourth-order valence-corrected chi connectivity index (χ4v) is 2.43. The van der Waals surface area contributed by atoms with E-state index in [2.05, 4.69) is 10.3 Å². The summed E-state index contributed by atoms with van der Waals surface area (Å²) in [7, 11) is 0. The second-order valence-corrected chi connectivity index (χ2v) is 4.84. The SMILES string of the molecule is CCOc1cccc2c1nc(CCCl)n2CCNC(N)=O. The van der Waals surface area contributed by atoms with E-state index in [0.717, 1.165) is 22.6 Å². The highest BCUT2D eigenvalue weighted by Crippen LogP contribution is 2.26. The normalized spacial score (nSPS) is 10.8. The summed E-state index contributed by atoms with van der Waals surface area (Å²) in [6, 6.07) is 5.27. The van der Waals surface area contributed by atoms with Crippen molar-refractivity contribution in [3.05, 3.63) is 24.0 Å². The molecule has 114 valence electrons. The molecule has 6 nitrogen and oxygen atoms in total. The number of urea groups is 1. The number of fused-ring (bicyclic) bond motifs is 1. The van der Waals surface area contributed by atoms with Gasteiger partial charge in [-0.2, -0.15) is 0 Å². The molecular weight excluding hydrogens is 292 g/mol. The smallest absolute Gasteiger partial charge is 0.312 e. The Balaban J connectivity index is 2.37. The monoisotopic (exact) mass is 310 g/mol. The molecule has 2 aromatic rings. The van der Waals surface area contributed by atoms with Crippen molar-refractivity contribution in [3.63, 3.8) is 0 Å². The van der Waals surface area contributed by atoms with Gasteiger partial charge in [-0.25, -0.2) is 9.78 Å². The number of carbonyl (C=O) groups is 1. The van der Waals surface area contributed by atoms with Crippen LogP contribution in [0.15, 0.2) is 18.2 Å². The van der Waals surface area contributed by atoms with E-state index in [4.69, 9.17) is 22.1 Å². The second kappa shape index (κ2) is 7.17. The van der Waals surface area contributed by atoms with Crippen LogP contribution in [0.25, 0.3) is 11.0 Å². The number of nitrogens with one attached hydrogen (secondary N) is 1. The summed E-state index contributed by atoms with van der Waals surface area (Å²) in [5.74, 6) is 2.11. The predicted octanol–water partition coefficient (Wildman–Crippen LogP) is 1.88. The minimum Gasteiger partial charge on any atom is -0.492 e. The molecular formula is C14H19ClN4O2. The lowest BCUT2D eigenvalue weighted by atomic mass is 10.3. The van der Waals surface area contributed by atoms with Crippen molar-refractivity contribution in [3.8, 4) is 5.75 Å². The van der Waals surface area contributed by atoms with E-state index >= 15 is 0 Å². The van der Waals surface area contributed by atoms with Crippen LogP contribution in [-0.4, -0.2) is 34.6 Å². The number of hydrogen-bond donors (Lipinski definition) is 2. The minimum atomic E-state index is -0.534. The van der Waals surface area contributed by atoms with E-state index in [0.29, 0.717) is 32.0 Å². The van der Waals surface area contributed by atoms with Gasteiger partial charge in [0.15, 0.2) is 0 Å². The molecule has 21 heavy (non-hydrogen) atoms. The number of aromatic nitrogens is 2. The Morgan fingerprint density at radius 1 is 1.52 bits per heavy atom. The lowest BCUT2D eigenvalue weighted by Gasteiger charge is -2.09. The molecule has 0 radical (unpaired) electrons. The summed E-state index contributed by atoms with van der Waals surface area (Å²) >= 11 is 5.85. The fourth-order valence-electron chi connectivity index (χ4n) is 2.26. The number of benzene rings is 1. The number of alkyl halides is 1. The maximum atomic E-state index is 10.8. The molecule has 3 N–H and O–H groups in total. The quantitative estimate of drug-likeness (QED) is 0.766. The van der Waals surface area contributed by atoms with Crippen molar-refractivity contribution in [2.75, 3.05) is 19.0 Å². The van der Waals surface area contributed by atoms with Crippen LogP contribution in [0.3, 0.4) is 0 Å². The average Bonchev–Trinajstić information content (AvgIpc) is 2.79. The summed E-state index contributed by atoms with van der Waals surface area (Å²) in [6.07, 6.45) is 0.651. The number of hydrogen-bond acceptors (Lipinski definition) is 3. The van der Waals surface area contributed by atoms with Crippen LogP contribution in [-0.2, 0) is 13.0 Å². The van der Waals surface area contributed by atoms with E-state index < -0.39 is 6.03 Å². The number of carbonyl (C=O) groups excluding carboxylic acids is 1. The Kier molecular flexibility index (Phi) is 5.27. The first-order valence-corrected chi connectivity index (χ1v) is 7.41. The van der Waals surface area contributed by atoms with Gasteiger partial charge in [-0.1, -0.05) is 6.07 Å².